The number of rotatable bonds is 6. The molecule has 0 aromatic heterocycles. The average molecular weight is 396 g/mol. The van der Waals surface area contributed by atoms with Crippen molar-refractivity contribution in [2.24, 2.45) is 5.92 Å². The number of nitrogens with zero attached hydrogens (tertiary/aromatic N) is 1. The molecule has 140 valence electrons. The summed E-state index contributed by atoms with van der Waals surface area (Å²) in [6.07, 6.45) is 1.54. The molecule has 1 heterocycles. The van der Waals surface area contributed by atoms with Crippen molar-refractivity contribution >= 4 is 46.3 Å². The van der Waals surface area contributed by atoms with Crippen LogP contribution in [0.25, 0.3) is 6.08 Å². The Morgan fingerprint density at radius 1 is 1.31 bits per heavy atom. The lowest BCUT2D eigenvalue weighted by molar-refractivity contribution is -0.311. The van der Waals surface area contributed by atoms with Gasteiger partial charge in [0.15, 0.2) is 11.5 Å². The predicted octanol–water partition coefficient (Wildman–Crippen LogP) is 1.39. The number of benzene rings is 1. The smallest absolute Gasteiger partial charge is 0.266 e. The van der Waals surface area contributed by atoms with Gasteiger partial charge in [-0.2, -0.15) is 0 Å². The number of carboxylic acids is 1. The summed E-state index contributed by atoms with van der Waals surface area (Å²) in [7, 11) is 2.79. The average Bonchev–Trinajstić information content (AvgIpc) is 2.83. The summed E-state index contributed by atoms with van der Waals surface area (Å²) in [6, 6.07) is 1.92. The third-order valence-corrected chi connectivity index (χ3v) is 5.10. The van der Waals surface area contributed by atoms with Crippen LogP contribution >= 0.6 is 24.0 Å². The Labute approximate surface area is 160 Å². The van der Waals surface area contributed by atoms with Crippen LogP contribution in [0.5, 0.6) is 17.2 Å². The maximum Gasteiger partial charge on any atom is 0.266 e. The van der Waals surface area contributed by atoms with Crippen molar-refractivity contribution in [2.45, 2.75) is 19.9 Å². The molecule has 1 saturated heterocycles. The van der Waals surface area contributed by atoms with Gasteiger partial charge in [0.05, 0.1) is 31.1 Å². The van der Waals surface area contributed by atoms with Gasteiger partial charge in [0.25, 0.3) is 5.91 Å². The summed E-state index contributed by atoms with van der Waals surface area (Å²) < 4.78 is 10.3. The first-order chi connectivity index (χ1) is 12.2. The third-order valence-electron chi connectivity index (χ3n) is 3.77. The summed E-state index contributed by atoms with van der Waals surface area (Å²) in [5.41, 5.74) is 0.534. The largest absolute Gasteiger partial charge is 0.548 e. The van der Waals surface area contributed by atoms with Crippen LogP contribution in [0.1, 0.15) is 19.4 Å². The number of aliphatic carboxylic acids is 1. The SMILES string of the molecule is COc1cc(C=C2SC(=S)N(C(C(=O)[O-])C(C)C)C2=O)cc(OC)c1O. The number of carboxylic acid groups (broad SMARTS) is 1. The second-order valence-electron chi connectivity index (χ2n) is 5.83. The van der Waals surface area contributed by atoms with Crippen molar-refractivity contribution in [1.82, 2.24) is 4.90 Å². The van der Waals surface area contributed by atoms with Gasteiger partial charge in [0, 0.05) is 0 Å². The molecule has 0 spiro atoms. The van der Waals surface area contributed by atoms with Crippen molar-refractivity contribution < 1.29 is 29.3 Å². The number of thioether (sulfide) groups is 1. The highest BCUT2D eigenvalue weighted by Gasteiger charge is 2.39. The lowest BCUT2D eigenvalue weighted by atomic mass is 10.0. The van der Waals surface area contributed by atoms with Crippen molar-refractivity contribution in [3.05, 3.63) is 22.6 Å². The second kappa shape index (κ2) is 7.96. The quantitative estimate of drug-likeness (QED) is 0.569. The maximum atomic E-state index is 12.7. The number of carbonyl (C=O) groups excluding carboxylic acids is 2. The number of aromatic hydroxyl groups is 1. The van der Waals surface area contributed by atoms with Gasteiger partial charge in [0.2, 0.25) is 5.75 Å². The molecule has 2 rings (SSSR count). The molecule has 1 aromatic carbocycles. The summed E-state index contributed by atoms with van der Waals surface area (Å²) in [6.45, 7) is 3.36. The fourth-order valence-electron chi connectivity index (χ4n) is 2.54. The summed E-state index contributed by atoms with van der Waals surface area (Å²) in [5, 5.41) is 21.4. The highest BCUT2D eigenvalue weighted by Crippen LogP contribution is 2.40. The first kappa shape index (κ1) is 20.1. The molecule has 1 N–H and O–H groups in total. The van der Waals surface area contributed by atoms with E-state index in [9.17, 15) is 19.8 Å². The van der Waals surface area contributed by atoms with Crippen LogP contribution in [0.15, 0.2) is 17.0 Å². The van der Waals surface area contributed by atoms with Gasteiger partial charge in [-0.1, -0.05) is 37.8 Å². The van der Waals surface area contributed by atoms with Crippen molar-refractivity contribution in [2.75, 3.05) is 14.2 Å². The standard InChI is InChI=1S/C17H19NO6S2/c1-8(2)13(16(21)22)18-15(20)12(26-17(18)25)7-9-5-10(23-3)14(19)11(6-9)24-4/h5-8,13,19H,1-4H3,(H,21,22)/p-1. The molecule has 1 fully saturated rings. The molecule has 1 atom stereocenters. The Kier molecular flexibility index (Phi) is 6.14. The van der Waals surface area contributed by atoms with E-state index in [1.165, 1.54) is 32.4 Å². The molecule has 1 amide bonds. The molecule has 26 heavy (non-hydrogen) atoms. The van der Waals surface area contributed by atoms with E-state index in [1.54, 1.807) is 13.8 Å². The highest BCUT2D eigenvalue weighted by atomic mass is 32.2. The summed E-state index contributed by atoms with van der Waals surface area (Å²) in [5.74, 6) is -2.02. The zero-order chi connectivity index (χ0) is 19.6. The minimum atomic E-state index is -1.36. The number of thiocarbonyl (C=S) groups is 1. The summed E-state index contributed by atoms with van der Waals surface area (Å²) in [4.78, 5) is 25.5. The van der Waals surface area contributed by atoms with Crippen LogP contribution in [-0.2, 0) is 9.59 Å². The first-order valence-corrected chi connectivity index (χ1v) is 8.86. The van der Waals surface area contributed by atoms with Gasteiger partial charge in [-0.3, -0.25) is 9.69 Å². The van der Waals surface area contributed by atoms with Crippen molar-refractivity contribution in [1.29, 1.82) is 0 Å². The topological polar surface area (TPSA) is 99.1 Å². The molecular formula is C17H18NO6S2-. The first-order valence-electron chi connectivity index (χ1n) is 7.64. The van der Waals surface area contributed by atoms with E-state index < -0.39 is 17.9 Å². The molecule has 0 radical (unpaired) electrons. The Morgan fingerprint density at radius 2 is 1.85 bits per heavy atom. The lowest BCUT2D eigenvalue weighted by Crippen LogP contribution is -2.52. The monoisotopic (exact) mass is 396 g/mol. The molecular weight excluding hydrogens is 378 g/mol. The predicted molar refractivity (Wildman–Crippen MR) is 99.9 cm³/mol. The van der Waals surface area contributed by atoms with Crippen LogP contribution in [0.4, 0.5) is 0 Å². The Bertz CT molecular complexity index is 764. The third kappa shape index (κ3) is 3.78. The molecule has 1 aliphatic heterocycles. The van der Waals surface area contributed by atoms with E-state index in [0.717, 1.165) is 16.7 Å². The number of phenolic OH excluding ortho intramolecular Hbond substituents is 1. The van der Waals surface area contributed by atoms with E-state index in [0.29, 0.717) is 5.56 Å². The maximum absolute atomic E-state index is 12.7. The van der Waals surface area contributed by atoms with Crippen LogP contribution < -0.4 is 14.6 Å². The molecule has 9 heteroatoms. The molecule has 1 unspecified atom stereocenters. The molecule has 1 aliphatic rings. The van der Waals surface area contributed by atoms with Gasteiger partial charge in [-0.25, -0.2) is 0 Å². The van der Waals surface area contributed by atoms with Gasteiger partial charge < -0.3 is 24.5 Å². The highest BCUT2D eigenvalue weighted by molar-refractivity contribution is 8.26. The number of methoxy groups -OCH3 is 2. The van der Waals surface area contributed by atoms with E-state index in [-0.39, 0.29) is 32.4 Å². The van der Waals surface area contributed by atoms with Gasteiger partial charge in [-0.05, 0) is 29.7 Å². The Morgan fingerprint density at radius 3 is 2.27 bits per heavy atom. The molecule has 1 aromatic rings. The van der Waals surface area contributed by atoms with Gasteiger partial charge in [-0.15, -0.1) is 0 Å². The fourth-order valence-corrected chi connectivity index (χ4v) is 3.87. The zero-order valence-electron chi connectivity index (χ0n) is 14.6. The van der Waals surface area contributed by atoms with E-state index in [4.69, 9.17) is 21.7 Å². The van der Waals surface area contributed by atoms with E-state index >= 15 is 0 Å². The number of hydrogen-bond acceptors (Lipinski definition) is 8. The number of amides is 1. The lowest BCUT2D eigenvalue weighted by Gasteiger charge is -2.30. The van der Waals surface area contributed by atoms with Gasteiger partial charge >= 0.3 is 0 Å². The molecule has 0 saturated carbocycles. The van der Waals surface area contributed by atoms with Crippen LogP contribution in [-0.4, -0.2) is 46.5 Å². The molecule has 0 bridgehead atoms. The number of hydrogen-bond donors (Lipinski definition) is 1. The van der Waals surface area contributed by atoms with Crippen LogP contribution in [0, 0.1) is 5.92 Å². The zero-order valence-corrected chi connectivity index (χ0v) is 16.3. The van der Waals surface area contributed by atoms with Crippen LogP contribution in [0.3, 0.4) is 0 Å². The van der Waals surface area contributed by atoms with Gasteiger partial charge in [0.1, 0.15) is 4.32 Å². The Hall–Kier alpha value is -2.26. The van der Waals surface area contributed by atoms with Crippen molar-refractivity contribution in [3.8, 4) is 17.2 Å². The summed E-state index contributed by atoms with van der Waals surface area (Å²) >= 11 is 6.19. The molecule has 7 nitrogen and oxygen atoms in total. The minimum Gasteiger partial charge on any atom is -0.548 e. The fraction of sp³-hybridized carbons (Fsp3) is 0.353. The van der Waals surface area contributed by atoms with E-state index in [2.05, 4.69) is 0 Å². The van der Waals surface area contributed by atoms with Crippen LogP contribution in [0.2, 0.25) is 0 Å². The number of carbonyl (C=O) groups is 2. The number of ether oxygens (including phenoxy) is 2. The normalized spacial score (nSPS) is 17.1. The van der Waals surface area contributed by atoms with E-state index in [1.807, 2.05) is 0 Å². The van der Waals surface area contributed by atoms with Crippen molar-refractivity contribution in [3.63, 3.8) is 0 Å². The second-order valence-corrected chi connectivity index (χ2v) is 7.51. The Balaban J connectivity index is 2.43. The minimum absolute atomic E-state index is 0.154. The molecule has 0 aliphatic carbocycles. The number of phenols is 1.